The molecule has 0 radical (unpaired) electrons. The maximum Gasteiger partial charge on any atom is 0.262 e. The molecule has 1 heterocycles. The van der Waals surface area contributed by atoms with Gasteiger partial charge in [0.15, 0.2) is 12.0 Å². The van der Waals surface area contributed by atoms with Crippen LogP contribution in [0.4, 0.5) is 5.69 Å². The number of carbonyl (C=O) groups excluding carboxylic acids is 1. The SMILES string of the molecule is CCOc1ccc(NC(=O)COc2ccc3c(=O)c(-c4ccc(Cl)cc4)coc3c2)cc1. The van der Waals surface area contributed by atoms with Crippen molar-refractivity contribution in [1.29, 1.82) is 0 Å². The molecule has 7 heteroatoms. The normalized spacial score (nSPS) is 10.7. The first-order chi connectivity index (χ1) is 15.5. The second-order valence-electron chi connectivity index (χ2n) is 6.94. The van der Waals surface area contributed by atoms with Crippen LogP contribution in [0.3, 0.4) is 0 Å². The van der Waals surface area contributed by atoms with Crippen LogP contribution in [0, 0.1) is 0 Å². The van der Waals surface area contributed by atoms with Crippen LogP contribution in [-0.4, -0.2) is 19.1 Å². The van der Waals surface area contributed by atoms with E-state index in [0.717, 1.165) is 11.3 Å². The molecule has 0 saturated heterocycles. The van der Waals surface area contributed by atoms with E-state index in [1.54, 1.807) is 66.7 Å². The Kier molecular flexibility index (Phi) is 6.42. The van der Waals surface area contributed by atoms with Crippen molar-refractivity contribution in [3.63, 3.8) is 0 Å². The van der Waals surface area contributed by atoms with E-state index in [4.69, 9.17) is 25.5 Å². The molecule has 0 aliphatic heterocycles. The van der Waals surface area contributed by atoms with Crippen LogP contribution < -0.4 is 20.2 Å². The van der Waals surface area contributed by atoms with Crippen molar-refractivity contribution in [1.82, 2.24) is 0 Å². The number of ether oxygens (including phenoxy) is 2. The van der Waals surface area contributed by atoms with E-state index in [-0.39, 0.29) is 17.9 Å². The van der Waals surface area contributed by atoms with Crippen LogP contribution in [0.25, 0.3) is 22.1 Å². The van der Waals surface area contributed by atoms with E-state index in [9.17, 15) is 9.59 Å². The molecule has 1 aromatic heterocycles. The first-order valence-corrected chi connectivity index (χ1v) is 10.4. The molecule has 162 valence electrons. The Morgan fingerprint density at radius 2 is 1.69 bits per heavy atom. The summed E-state index contributed by atoms with van der Waals surface area (Å²) in [4.78, 5) is 25.0. The number of hydrogen-bond acceptors (Lipinski definition) is 5. The van der Waals surface area contributed by atoms with Gasteiger partial charge >= 0.3 is 0 Å². The van der Waals surface area contributed by atoms with Crippen molar-refractivity contribution >= 4 is 34.2 Å². The van der Waals surface area contributed by atoms with Gasteiger partial charge in [-0.2, -0.15) is 0 Å². The Morgan fingerprint density at radius 3 is 2.41 bits per heavy atom. The first-order valence-electron chi connectivity index (χ1n) is 10.0. The van der Waals surface area contributed by atoms with Gasteiger partial charge in [0.2, 0.25) is 0 Å². The van der Waals surface area contributed by atoms with Gasteiger partial charge in [-0.1, -0.05) is 23.7 Å². The predicted octanol–water partition coefficient (Wildman–Crippen LogP) is 5.53. The minimum absolute atomic E-state index is 0.159. The second kappa shape index (κ2) is 9.58. The van der Waals surface area contributed by atoms with Gasteiger partial charge in [0.25, 0.3) is 5.91 Å². The Bertz CT molecular complexity index is 1300. The Labute approximate surface area is 189 Å². The number of carbonyl (C=O) groups is 1. The van der Waals surface area contributed by atoms with E-state index < -0.39 is 0 Å². The highest BCUT2D eigenvalue weighted by Gasteiger charge is 2.11. The summed E-state index contributed by atoms with van der Waals surface area (Å²) in [6.45, 7) is 2.29. The van der Waals surface area contributed by atoms with Crippen molar-refractivity contribution in [3.8, 4) is 22.6 Å². The van der Waals surface area contributed by atoms with E-state index in [1.807, 2.05) is 6.92 Å². The van der Waals surface area contributed by atoms with E-state index >= 15 is 0 Å². The lowest BCUT2D eigenvalue weighted by Gasteiger charge is -2.09. The number of benzene rings is 3. The van der Waals surface area contributed by atoms with Crippen LogP contribution in [0.1, 0.15) is 6.92 Å². The second-order valence-corrected chi connectivity index (χ2v) is 7.37. The highest BCUT2D eigenvalue weighted by atomic mass is 35.5. The predicted molar refractivity (Wildman–Crippen MR) is 125 cm³/mol. The number of halogens is 1. The monoisotopic (exact) mass is 449 g/mol. The maximum atomic E-state index is 12.9. The molecule has 1 N–H and O–H groups in total. The van der Waals surface area contributed by atoms with Gasteiger partial charge in [-0.05, 0) is 61.0 Å². The van der Waals surface area contributed by atoms with Gasteiger partial charge < -0.3 is 19.2 Å². The van der Waals surface area contributed by atoms with E-state index in [0.29, 0.717) is 39.6 Å². The third kappa shape index (κ3) is 4.92. The summed E-state index contributed by atoms with van der Waals surface area (Å²) in [6.07, 6.45) is 1.41. The van der Waals surface area contributed by atoms with Gasteiger partial charge in [0.05, 0.1) is 17.6 Å². The molecule has 0 aliphatic carbocycles. The number of hydrogen-bond donors (Lipinski definition) is 1. The fourth-order valence-electron chi connectivity index (χ4n) is 3.17. The molecule has 0 bridgehead atoms. The molecule has 0 unspecified atom stereocenters. The Hall–Kier alpha value is -3.77. The highest BCUT2D eigenvalue weighted by molar-refractivity contribution is 6.30. The molecule has 4 rings (SSSR count). The molecule has 0 atom stereocenters. The average Bonchev–Trinajstić information content (AvgIpc) is 2.80. The van der Waals surface area contributed by atoms with Gasteiger partial charge in [-0.15, -0.1) is 0 Å². The lowest BCUT2D eigenvalue weighted by atomic mass is 10.1. The molecular formula is C25H20ClNO5. The fourth-order valence-corrected chi connectivity index (χ4v) is 3.30. The zero-order valence-corrected chi connectivity index (χ0v) is 18.0. The lowest BCUT2D eigenvalue weighted by molar-refractivity contribution is -0.118. The number of fused-ring (bicyclic) bond motifs is 1. The average molecular weight is 450 g/mol. The van der Waals surface area contributed by atoms with Crippen molar-refractivity contribution in [2.75, 3.05) is 18.5 Å². The minimum atomic E-state index is -0.311. The standard InChI is InChI=1S/C25H20ClNO5/c1-2-30-19-9-7-18(8-10-19)27-24(28)15-31-20-11-12-21-23(13-20)32-14-22(25(21)29)16-3-5-17(26)6-4-16/h3-14H,2,15H2,1H3,(H,27,28). The Balaban J connectivity index is 1.43. The summed E-state index contributed by atoms with van der Waals surface area (Å²) in [5, 5.41) is 3.77. The highest BCUT2D eigenvalue weighted by Crippen LogP contribution is 2.24. The lowest BCUT2D eigenvalue weighted by Crippen LogP contribution is -2.20. The van der Waals surface area contributed by atoms with E-state index in [1.165, 1.54) is 6.26 Å². The summed E-state index contributed by atoms with van der Waals surface area (Å²) >= 11 is 5.92. The Morgan fingerprint density at radius 1 is 0.969 bits per heavy atom. The van der Waals surface area contributed by atoms with Crippen molar-refractivity contribution in [3.05, 3.63) is 88.2 Å². The molecule has 1 amide bonds. The molecule has 3 aromatic carbocycles. The fraction of sp³-hybridized carbons (Fsp3) is 0.120. The van der Waals surface area contributed by atoms with Gasteiger partial charge in [-0.3, -0.25) is 9.59 Å². The summed E-state index contributed by atoms with van der Waals surface area (Å²) < 4.78 is 16.6. The largest absolute Gasteiger partial charge is 0.494 e. The number of amides is 1. The topological polar surface area (TPSA) is 77.8 Å². The van der Waals surface area contributed by atoms with Crippen LogP contribution in [0.5, 0.6) is 11.5 Å². The zero-order valence-electron chi connectivity index (χ0n) is 17.3. The summed E-state index contributed by atoms with van der Waals surface area (Å²) in [5.41, 5.74) is 2.01. The molecule has 0 aliphatic rings. The summed E-state index contributed by atoms with van der Waals surface area (Å²) in [7, 11) is 0. The number of anilines is 1. The third-order valence-electron chi connectivity index (χ3n) is 4.72. The molecule has 0 saturated carbocycles. The molecule has 0 spiro atoms. The van der Waals surface area contributed by atoms with Crippen molar-refractivity contribution in [2.24, 2.45) is 0 Å². The van der Waals surface area contributed by atoms with Crippen LogP contribution in [0.2, 0.25) is 5.02 Å². The molecule has 32 heavy (non-hydrogen) atoms. The van der Waals surface area contributed by atoms with Crippen molar-refractivity contribution < 1.29 is 18.7 Å². The smallest absolute Gasteiger partial charge is 0.262 e. The third-order valence-corrected chi connectivity index (χ3v) is 4.97. The van der Waals surface area contributed by atoms with Gasteiger partial charge in [0.1, 0.15) is 23.3 Å². The van der Waals surface area contributed by atoms with Crippen LogP contribution in [0.15, 0.2) is 82.2 Å². The summed E-state index contributed by atoms with van der Waals surface area (Å²) in [5.74, 6) is 0.842. The molecule has 4 aromatic rings. The first kappa shape index (κ1) is 21.5. The van der Waals surface area contributed by atoms with Crippen LogP contribution >= 0.6 is 11.6 Å². The minimum Gasteiger partial charge on any atom is -0.494 e. The van der Waals surface area contributed by atoms with E-state index in [2.05, 4.69) is 5.32 Å². The number of rotatable bonds is 7. The maximum absolute atomic E-state index is 12.9. The molecular weight excluding hydrogens is 430 g/mol. The van der Waals surface area contributed by atoms with Gasteiger partial charge in [0, 0.05) is 16.8 Å². The molecule has 6 nitrogen and oxygen atoms in total. The quantitative estimate of drug-likeness (QED) is 0.401. The number of nitrogens with one attached hydrogen (secondary N) is 1. The molecule has 0 fully saturated rings. The van der Waals surface area contributed by atoms with Gasteiger partial charge in [-0.25, -0.2) is 0 Å². The van der Waals surface area contributed by atoms with Crippen molar-refractivity contribution in [2.45, 2.75) is 6.92 Å². The van der Waals surface area contributed by atoms with Crippen LogP contribution in [-0.2, 0) is 4.79 Å². The summed E-state index contributed by atoms with van der Waals surface area (Å²) in [6, 6.07) is 18.9. The zero-order chi connectivity index (χ0) is 22.5.